The van der Waals surface area contributed by atoms with E-state index in [0.717, 1.165) is 16.7 Å². The average Bonchev–Trinajstić information content (AvgIpc) is 3.07. The molecule has 1 unspecified atom stereocenters. The Morgan fingerprint density at radius 3 is 2.88 bits per heavy atom. The fraction of sp³-hybridized carbons (Fsp3) is 0.444. The lowest BCUT2D eigenvalue weighted by molar-refractivity contribution is 0.119. The van der Waals surface area contributed by atoms with E-state index in [9.17, 15) is 4.39 Å². The van der Waals surface area contributed by atoms with Crippen molar-refractivity contribution in [2.45, 2.75) is 26.0 Å². The van der Waals surface area contributed by atoms with Crippen molar-refractivity contribution in [2.24, 2.45) is 4.99 Å². The normalized spacial score (nSPS) is 12.9. The van der Waals surface area contributed by atoms with Crippen LogP contribution < -0.4 is 5.32 Å². The van der Waals surface area contributed by atoms with Crippen LogP contribution in [0.2, 0.25) is 0 Å². The molecule has 5 nitrogen and oxygen atoms in total. The van der Waals surface area contributed by atoms with Gasteiger partial charge in [0.25, 0.3) is 0 Å². The molecule has 136 valence electrons. The third-order valence-electron chi connectivity index (χ3n) is 3.88. The standard InChI is InChI=1S/C18H25FN4OS/c1-13(24-4)17-22-15(12-25-17)11-23(3)18(20-2)21-10-9-14-7-5-6-8-16(14)19/h5-8,12-13H,9-11H2,1-4H3,(H,20,21). The Balaban J connectivity index is 1.87. The lowest BCUT2D eigenvalue weighted by Crippen LogP contribution is -2.39. The van der Waals surface area contributed by atoms with E-state index in [1.807, 2.05) is 30.3 Å². The Kier molecular flexibility index (Phi) is 7.33. The zero-order valence-corrected chi connectivity index (χ0v) is 15.9. The molecule has 0 fully saturated rings. The minimum atomic E-state index is -0.171. The number of hydrogen-bond acceptors (Lipinski definition) is 4. The molecule has 0 aliphatic heterocycles. The molecule has 0 saturated carbocycles. The van der Waals surface area contributed by atoms with Gasteiger partial charge in [0.2, 0.25) is 0 Å². The summed E-state index contributed by atoms with van der Waals surface area (Å²) in [4.78, 5) is 10.9. The first-order chi connectivity index (χ1) is 12.0. The van der Waals surface area contributed by atoms with E-state index in [2.05, 4.69) is 15.3 Å². The van der Waals surface area contributed by atoms with E-state index >= 15 is 0 Å². The molecule has 0 spiro atoms. The molecule has 1 aromatic heterocycles. The number of rotatable bonds is 7. The molecule has 2 aromatic rings. The number of hydrogen-bond donors (Lipinski definition) is 1. The first-order valence-electron chi connectivity index (χ1n) is 8.17. The first-order valence-corrected chi connectivity index (χ1v) is 9.05. The second kappa shape index (κ2) is 9.48. The number of ether oxygens (including phenoxy) is 1. The Hall–Kier alpha value is -1.99. The minimum absolute atomic E-state index is 0.00210. The van der Waals surface area contributed by atoms with Gasteiger partial charge in [-0.05, 0) is 25.0 Å². The minimum Gasteiger partial charge on any atom is -0.375 e. The van der Waals surface area contributed by atoms with Crippen molar-refractivity contribution in [1.82, 2.24) is 15.2 Å². The van der Waals surface area contributed by atoms with Gasteiger partial charge in [-0.25, -0.2) is 9.37 Å². The third kappa shape index (κ3) is 5.51. The number of nitrogens with zero attached hydrogens (tertiary/aromatic N) is 3. The number of benzene rings is 1. The van der Waals surface area contributed by atoms with Gasteiger partial charge in [-0.1, -0.05) is 18.2 Å². The van der Waals surface area contributed by atoms with Crippen LogP contribution in [0, 0.1) is 5.82 Å². The quantitative estimate of drug-likeness (QED) is 0.605. The first kappa shape index (κ1) is 19.3. The van der Waals surface area contributed by atoms with Gasteiger partial charge in [0.1, 0.15) is 16.9 Å². The van der Waals surface area contributed by atoms with Crippen LogP contribution in [-0.4, -0.2) is 43.6 Å². The zero-order valence-electron chi connectivity index (χ0n) is 15.1. The number of thiazole rings is 1. The summed E-state index contributed by atoms with van der Waals surface area (Å²) in [6.07, 6.45) is 0.605. The molecule has 0 amide bonds. The fourth-order valence-corrected chi connectivity index (χ4v) is 3.24. The second-order valence-electron chi connectivity index (χ2n) is 5.73. The highest BCUT2D eigenvalue weighted by atomic mass is 32.1. The van der Waals surface area contributed by atoms with Crippen LogP contribution in [0.4, 0.5) is 4.39 Å². The molecule has 1 N–H and O–H groups in total. The summed E-state index contributed by atoms with van der Waals surface area (Å²) in [6, 6.07) is 6.83. The van der Waals surface area contributed by atoms with Crippen LogP contribution in [0.15, 0.2) is 34.6 Å². The van der Waals surface area contributed by atoms with Crippen molar-refractivity contribution in [3.8, 4) is 0 Å². The molecule has 1 aromatic carbocycles. The van der Waals surface area contributed by atoms with Crippen molar-refractivity contribution in [3.63, 3.8) is 0 Å². The molecular weight excluding hydrogens is 339 g/mol. The Bertz CT molecular complexity index is 704. The van der Waals surface area contributed by atoms with Crippen LogP contribution in [0.1, 0.15) is 29.3 Å². The van der Waals surface area contributed by atoms with E-state index in [1.54, 1.807) is 37.6 Å². The van der Waals surface area contributed by atoms with Crippen LogP contribution >= 0.6 is 11.3 Å². The summed E-state index contributed by atoms with van der Waals surface area (Å²) in [5.74, 6) is 0.584. The topological polar surface area (TPSA) is 49.8 Å². The average molecular weight is 364 g/mol. The van der Waals surface area contributed by atoms with Gasteiger partial charge in [-0.2, -0.15) is 0 Å². The van der Waals surface area contributed by atoms with Crippen LogP contribution in [-0.2, 0) is 17.7 Å². The highest BCUT2D eigenvalue weighted by Crippen LogP contribution is 2.20. The van der Waals surface area contributed by atoms with E-state index in [1.165, 1.54) is 6.07 Å². The Labute approximate surface area is 152 Å². The Morgan fingerprint density at radius 2 is 2.20 bits per heavy atom. The van der Waals surface area contributed by atoms with Crippen molar-refractivity contribution in [1.29, 1.82) is 0 Å². The molecule has 1 heterocycles. The Morgan fingerprint density at radius 1 is 1.44 bits per heavy atom. The van der Waals surface area contributed by atoms with Crippen LogP contribution in [0.5, 0.6) is 0 Å². The van der Waals surface area contributed by atoms with E-state index in [-0.39, 0.29) is 11.9 Å². The van der Waals surface area contributed by atoms with Crippen molar-refractivity contribution < 1.29 is 9.13 Å². The van der Waals surface area contributed by atoms with Crippen LogP contribution in [0.25, 0.3) is 0 Å². The monoisotopic (exact) mass is 364 g/mol. The summed E-state index contributed by atoms with van der Waals surface area (Å²) in [7, 11) is 5.37. The van der Waals surface area contributed by atoms with E-state index in [4.69, 9.17) is 4.74 Å². The number of halogens is 1. The predicted octanol–water partition coefficient (Wildman–Crippen LogP) is 3.24. The van der Waals surface area contributed by atoms with Gasteiger partial charge in [0.05, 0.1) is 12.2 Å². The number of methoxy groups -OCH3 is 1. The maximum Gasteiger partial charge on any atom is 0.193 e. The van der Waals surface area contributed by atoms with Gasteiger partial charge in [0.15, 0.2) is 5.96 Å². The maximum absolute atomic E-state index is 13.7. The molecule has 0 bridgehead atoms. The molecule has 0 radical (unpaired) electrons. The van der Waals surface area contributed by atoms with Gasteiger partial charge >= 0.3 is 0 Å². The van der Waals surface area contributed by atoms with Crippen molar-refractivity contribution >= 4 is 17.3 Å². The van der Waals surface area contributed by atoms with E-state index in [0.29, 0.717) is 25.1 Å². The largest absolute Gasteiger partial charge is 0.375 e. The summed E-state index contributed by atoms with van der Waals surface area (Å²) in [6.45, 7) is 3.24. The number of guanidine groups is 1. The number of aromatic nitrogens is 1. The molecule has 0 saturated heterocycles. The van der Waals surface area contributed by atoms with Gasteiger partial charge in [-0.3, -0.25) is 4.99 Å². The molecule has 0 aliphatic rings. The summed E-state index contributed by atoms with van der Waals surface area (Å²) in [5.41, 5.74) is 1.68. The number of nitrogens with one attached hydrogen (secondary N) is 1. The fourth-order valence-electron chi connectivity index (χ4n) is 2.40. The van der Waals surface area contributed by atoms with Crippen molar-refractivity contribution in [2.75, 3.05) is 27.7 Å². The summed E-state index contributed by atoms with van der Waals surface area (Å²) in [5, 5.41) is 6.27. The predicted molar refractivity (Wildman–Crippen MR) is 100 cm³/mol. The van der Waals surface area contributed by atoms with Gasteiger partial charge < -0.3 is 15.0 Å². The van der Waals surface area contributed by atoms with E-state index < -0.39 is 0 Å². The SMILES string of the molecule is CN=C(NCCc1ccccc1F)N(C)Cc1csc(C(C)OC)n1. The number of aliphatic imine (C=N–C) groups is 1. The summed E-state index contributed by atoms with van der Waals surface area (Å²) < 4.78 is 18.9. The third-order valence-corrected chi connectivity index (χ3v) is 4.93. The van der Waals surface area contributed by atoms with Crippen molar-refractivity contribution in [3.05, 3.63) is 51.7 Å². The maximum atomic E-state index is 13.7. The van der Waals surface area contributed by atoms with Crippen LogP contribution in [0.3, 0.4) is 0 Å². The highest BCUT2D eigenvalue weighted by molar-refractivity contribution is 7.09. The highest BCUT2D eigenvalue weighted by Gasteiger charge is 2.12. The smallest absolute Gasteiger partial charge is 0.193 e. The zero-order chi connectivity index (χ0) is 18.2. The lowest BCUT2D eigenvalue weighted by atomic mass is 10.1. The molecule has 2 rings (SSSR count). The summed E-state index contributed by atoms with van der Waals surface area (Å²) >= 11 is 1.60. The lowest BCUT2D eigenvalue weighted by Gasteiger charge is -2.21. The van der Waals surface area contributed by atoms with Gasteiger partial charge in [-0.15, -0.1) is 11.3 Å². The molecule has 7 heteroatoms. The molecular formula is C18H25FN4OS. The van der Waals surface area contributed by atoms with Gasteiger partial charge in [0, 0.05) is 33.1 Å². The molecule has 0 aliphatic carbocycles. The molecule has 25 heavy (non-hydrogen) atoms. The second-order valence-corrected chi connectivity index (χ2v) is 6.62. The molecule has 1 atom stereocenters.